The van der Waals surface area contributed by atoms with Crippen LogP contribution in [0.1, 0.15) is 32.2 Å². The Morgan fingerprint density at radius 3 is 2.85 bits per heavy atom. The number of nitrogens with one attached hydrogen (secondary N) is 1. The van der Waals surface area contributed by atoms with E-state index in [1.54, 1.807) is 36.1 Å². The molecule has 3 rings (SSSR count). The maximum Gasteiger partial charge on any atom is 0.291 e. The topological polar surface area (TPSA) is 96.7 Å². The first-order chi connectivity index (χ1) is 12.8. The molecule has 0 radical (unpaired) electrons. The van der Waals surface area contributed by atoms with E-state index < -0.39 is 15.7 Å². The third-order valence-electron chi connectivity index (χ3n) is 4.33. The van der Waals surface area contributed by atoms with Gasteiger partial charge in [-0.3, -0.25) is 9.59 Å². The van der Waals surface area contributed by atoms with E-state index in [1.807, 2.05) is 0 Å². The van der Waals surface area contributed by atoms with Crippen LogP contribution in [-0.4, -0.2) is 49.2 Å². The molecular formula is C18H20N2O5S2. The number of anilines is 1. The molecule has 0 aliphatic carbocycles. The van der Waals surface area contributed by atoms with Crippen molar-refractivity contribution < 1.29 is 22.4 Å². The smallest absolute Gasteiger partial charge is 0.291 e. The van der Waals surface area contributed by atoms with Crippen molar-refractivity contribution in [3.05, 3.63) is 53.3 Å². The van der Waals surface area contributed by atoms with Crippen molar-refractivity contribution in [3.8, 4) is 0 Å². The lowest BCUT2D eigenvalue weighted by atomic mass is 10.2. The summed E-state index contributed by atoms with van der Waals surface area (Å²) in [7, 11) is -3.11. The third kappa shape index (κ3) is 4.30. The lowest BCUT2D eigenvalue weighted by Gasteiger charge is -2.26. The molecule has 1 aliphatic rings. The summed E-state index contributed by atoms with van der Waals surface area (Å²) < 4.78 is 28.7. The van der Waals surface area contributed by atoms with Gasteiger partial charge in [0.05, 0.1) is 27.6 Å². The van der Waals surface area contributed by atoms with Crippen molar-refractivity contribution in [2.45, 2.75) is 19.4 Å². The minimum absolute atomic E-state index is 0.0287. The molecule has 0 bridgehead atoms. The van der Waals surface area contributed by atoms with Crippen molar-refractivity contribution in [1.29, 1.82) is 0 Å². The van der Waals surface area contributed by atoms with Crippen molar-refractivity contribution in [1.82, 2.24) is 4.90 Å². The molecule has 2 amide bonds. The Kier molecular flexibility index (Phi) is 5.52. The van der Waals surface area contributed by atoms with Crippen molar-refractivity contribution in [2.24, 2.45) is 0 Å². The monoisotopic (exact) mass is 408 g/mol. The van der Waals surface area contributed by atoms with Crippen LogP contribution in [0, 0.1) is 6.92 Å². The maximum absolute atomic E-state index is 13.0. The normalized spacial score (nSPS) is 18.2. The predicted molar refractivity (Wildman–Crippen MR) is 104 cm³/mol. The second-order valence-corrected chi connectivity index (χ2v) is 9.64. The summed E-state index contributed by atoms with van der Waals surface area (Å²) in [5.74, 6) is -0.410. The van der Waals surface area contributed by atoms with Gasteiger partial charge in [-0.1, -0.05) is 6.08 Å². The van der Waals surface area contributed by atoms with E-state index in [0.29, 0.717) is 16.3 Å². The van der Waals surface area contributed by atoms with Gasteiger partial charge in [0.2, 0.25) is 0 Å². The Bertz CT molecular complexity index is 960. The number of thiophene rings is 1. The average Bonchev–Trinajstić information content (AvgIpc) is 3.32. The fourth-order valence-corrected chi connectivity index (χ4v) is 5.78. The highest BCUT2D eigenvalue weighted by atomic mass is 32.2. The quantitative estimate of drug-likeness (QED) is 0.742. The lowest BCUT2D eigenvalue weighted by molar-refractivity contribution is 0.0724. The van der Waals surface area contributed by atoms with Crippen LogP contribution in [0.15, 0.2) is 41.5 Å². The third-order valence-corrected chi connectivity index (χ3v) is 7.22. The van der Waals surface area contributed by atoms with Gasteiger partial charge in [-0.05, 0) is 37.1 Å². The molecule has 1 fully saturated rings. The fraction of sp³-hybridized carbons (Fsp3) is 0.333. The minimum atomic E-state index is -3.11. The highest BCUT2D eigenvalue weighted by molar-refractivity contribution is 7.91. The van der Waals surface area contributed by atoms with Gasteiger partial charge in [-0.25, -0.2) is 8.42 Å². The summed E-state index contributed by atoms with van der Waals surface area (Å²) in [4.78, 5) is 27.2. The first-order valence-electron chi connectivity index (χ1n) is 8.38. The van der Waals surface area contributed by atoms with Crippen LogP contribution in [-0.2, 0) is 9.84 Å². The zero-order valence-electron chi connectivity index (χ0n) is 14.8. The minimum Gasteiger partial charge on any atom is -0.459 e. The van der Waals surface area contributed by atoms with Gasteiger partial charge in [0.15, 0.2) is 15.6 Å². The molecule has 1 aliphatic heterocycles. The van der Waals surface area contributed by atoms with Crippen LogP contribution in [0.4, 0.5) is 5.00 Å². The number of nitrogens with zero attached hydrogens (tertiary/aromatic N) is 1. The van der Waals surface area contributed by atoms with Gasteiger partial charge in [-0.2, -0.15) is 0 Å². The zero-order valence-corrected chi connectivity index (χ0v) is 16.4. The van der Waals surface area contributed by atoms with Crippen molar-refractivity contribution >= 4 is 38.0 Å². The number of hydrogen-bond donors (Lipinski definition) is 1. The average molecular weight is 409 g/mol. The highest BCUT2D eigenvalue weighted by Crippen LogP contribution is 2.30. The predicted octanol–water partition coefficient (Wildman–Crippen LogP) is 2.72. The van der Waals surface area contributed by atoms with E-state index in [-0.39, 0.29) is 35.8 Å². The number of amides is 2. The summed E-state index contributed by atoms with van der Waals surface area (Å²) in [6.45, 7) is 5.72. The molecule has 0 saturated carbocycles. The number of carbonyl (C=O) groups excluding carboxylic acids is 2. The Balaban J connectivity index is 1.79. The van der Waals surface area contributed by atoms with E-state index >= 15 is 0 Å². The Labute approximate surface area is 161 Å². The molecule has 2 aromatic rings. The summed E-state index contributed by atoms with van der Waals surface area (Å²) in [5, 5.41) is 3.24. The van der Waals surface area contributed by atoms with Gasteiger partial charge >= 0.3 is 0 Å². The summed E-state index contributed by atoms with van der Waals surface area (Å²) >= 11 is 1.16. The van der Waals surface area contributed by atoms with Crippen molar-refractivity contribution in [3.63, 3.8) is 0 Å². The molecule has 2 aromatic heterocycles. The Morgan fingerprint density at radius 2 is 2.26 bits per heavy atom. The first-order valence-corrected chi connectivity index (χ1v) is 11.0. The second-order valence-electron chi connectivity index (χ2n) is 6.36. The molecule has 144 valence electrons. The number of rotatable bonds is 6. The molecule has 3 heterocycles. The summed E-state index contributed by atoms with van der Waals surface area (Å²) in [6, 6.07) is 4.53. The lowest BCUT2D eigenvalue weighted by Crippen LogP contribution is -2.41. The Morgan fingerprint density at radius 1 is 1.48 bits per heavy atom. The number of carbonyl (C=O) groups is 2. The molecule has 1 N–H and O–H groups in total. The van der Waals surface area contributed by atoms with Gasteiger partial charge in [0.25, 0.3) is 11.8 Å². The number of hydrogen-bond acceptors (Lipinski definition) is 6. The van der Waals surface area contributed by atoms with Gasteiger partial charge in [-0.15, -0.1) is 17.9 Å². The van der Waals surface area contributed by atoms with Crippen LogP contribution in [0.5, 0.6) is 0 Å². The van der Waals surface area contributed by atoms with Gasteiger partial charge in [0.1, 0.15) is 0 Å². The molecular weight excluding hydrogens is 388 g/mol. The van der Waals surface area contributed by atoms with Crippen LogP contribution in [0.25, 0.3) is 0 Å². The molecule has 1 unspecified atom stereocenters. The molecule has 1 saturated heterocycles. The summed E-state index contributed by atoms with van der Waals surface area (Å²) in [6.07, 6.45) is 3.42. The van der Waals surface area contributed by atoms with Crippen LogP contribution < -0.4 is 5.32 Å². The maximum atomic E-state index is 13.0. The van der Waals surface area contributed by atoms with E-state index in [0.717, 1.165) is 16.9 Å². The number of sulfone groups is 1. The molecule has 9 heteroatoms. The van der Waals surface area contributed by atoms with Crippen LogP contribution in [0.2, 0.25) is 0 Å². The van der Waals surface area contributed by atoms with Gasteiger partial charge < -0.3 is 14.6 Å². The SMILES string of the molecule is C=CCN(C(=O)c1sc(NC(=O)c2ccco2)cc1C)C1CCS(=O)(=O)C1. The molecule has 1 atom stereocenters. The molecule has 7 nitrogen and oxygen atoms in total. The standard InChI is InChI=1S/C18H20N2O5S2/c1-3-7-20(13-6-9-27(23,24)11-13)18(22)16-12(2)10-15(26-16)19-17(21)14-5-4-8-25-14/h3-5,8,10,13H,1,6-7,9,11H2,2H3,(H,19,21). The number of aryl methyl sites for hydroxylation is 1. The fourth-order valence-electron chi connectivity index (χ4n) is 3.03. The molecule has 0 spiro atoms. The molecule has 27 heavy (non-hydrogen) atoms. The zero-order chi connectivity index (χ0) is 19.6. The van der Waals surface area contributed by atoms with E-state index in [4.69, 9.17) is 4.42 Å². The van der Waals surface area contributed by atoms with E-state index in [1.165, 1.54) is 6.26 Å². The number of furan rings is 1. The van der Waals surface area contributed by atoms with Crippen LogP contribution >= 0.6 is 11.3 Å². The molecule has 0 aromatic carbocycles. The first kappa shape index (κ1) is 19.4. The van der Waals surface area contributed by atoms with E-state index in [9.17, 15) is 18.0 Å². The van der Waals surface area contributed by atoms with Crippen molar-refractivity contribution in [2.75, 3.05) is 23.4 Å². The highest BCUT2D eigenvalue weighted by Gasteiger charge is 2.35. The largest absolute Gasteiger partial charge is 0.459 e. The van der Waals surface area contributed by atoms with Crippen LogP contribution in [0.3, 0.4) is 0 Å². The Hall–Kier alpha value is -2.39. The summed E-state index contributed by atoms with van der Waals surface area (Å²) in [5.41, 5.74) is 0.717. The second kappa shape index (κ2) is 7.69. The van der Waals surface area contributed by atoms with E-state index in [2.05, 4.69) is 11.9 Å². The van der Waals surface area contributed by atoms with Gasteiger partial charge in [0, 0.05) is 12.6 Å².